The SMILES string of the molecule is CC(C)Cc1cc(-c2[c-]cccc2)ncc1[Si](C)(C)C.Cc1cc(C)c(-n2c(-c3[c-]cc(C)c4c3oc3nc(C(C)(C)C)ccc34)nc3ccccc32)c(C)c1.[Ir]. The number of hydrogen-bond acceptors (Lipinski definition) is 4. The third-order valence-corrected chi connectivity index (χ3v) is 12.5. The van der Waals surface area contributed by atoms with Crippen molar-refractivity contribution >= 4 is 46.4 Å². The van der Waals surface area contributed by atoms with Crippen LogP contribution >= 0.6 is 0 Å². The second kappa shape index (κ2) is 16.3. The van der Waals surface area contributed by atoms with E-state index in [4.69, 9.17) is 14.4 Å². The van der Waals surface area contributed by atoms with E-state index in [1.54, 1.807) is 0 Å². The Bertz CT molecular complexity index is 2690. The van der Waals surface area contributed by atoms with Crippen LogP contribution in [-0.2, 0) is 31.9 Å². The molecule has 0 atom stereocenters. The normalized spacial score (nSPS) is 11.9. The van der Waals surface area contributed by atoms with Gasteiger partial charge in [0.25, 0.3) is 0 Å². The van der Waals surface area contributed by atoms with Crippen LogP contribution in [0.3, 0.4) is 0 Å². The molecule has 295 valence electrons. The van der Waals surface area contributed by atoms with Crippen LogP contribution in [0.15, 0.2) is 95.5 Å². The molecular formula is C50H54IrN4OSi-2. The summed E-state index contributed by atoms with van der Waals surface area (Å²) in [5.74, 6) is 1.49. The van der Waals surface area contributed by atoms with Crippen LogP contribution in [0.2, 0.25) is 19.6 Å². The van der Waals surface area contributed by atoms with E-state index in [0.29, 0.717) is 11.6 Å². The van der Waals surface area contributed by atoms with Crippen molar-refractivity contribution in [2.45, 2.75) is 93.8 Å². The number of aromatic nitrogens is 4. The molecule has 0 unspecified atom stereocenters. The molecule has 4 aromatic heterocycles. The first-order valence-electron chi connectivity index (χ1n) is 19.8. The minimum absolute atomic E-state index is 0. The first-order chi connectivity index (χ1) is 26.5. The largest absolute Gasteiger partial charge is 0.486 e. The number of fused-ring (bicyclic) bond motifs is 4. The molecule has 0 N–H and O–H groups in total. The summed E-state index contributed by atoms with van der Waals surface area (Å²) in [5, 5.41) is 3.59. The summed E-state index contributed by atoms with van der Waals surface area (Å²) in [7, 11) is -1.34. The van der Waals surface area contributed by atoms with Gasteiger partial charge >= 0.3 is 0 Å². The summed E-state index contributed by atoms with van der Waals surface area (Å²) in [4.78, 5) is 14.7. The number of furan rings is 1. The fourth-order valence-corrected chi connectivity index (χ4v) is 9.46. The van der Waals surface area contributed by atoms with Gasteiger partial charge in [0.15, 0.2) is 0 Å². The Kier molecular flexibility index (Phi) is 12.0. The number of rotatable bonds is 6. The predicted molar refractivity (Wildman–Crippen MR) is 238 cm³/mol. The van der Waals surface area contributed by atoms with E-state index in [0.717, 1.165) is 73.4 Å². The van der Waals surface area contributed by atoms with Gasteiger partial charge in [0.05, 0.1) is 30.5 Å². The Morgan fingerprint density at radius 3 is 2.18 bits per heavy atom. The van der Waals surface area contributed by atoms with Crippen LogP contribution in [0.25, 0.3) is 61.4 Å². The average Bonchev–Trinajstić information content (AvgIpc) is 3.70. The van der Waals surface area contributed by atoms with Gasteiger partial charge in [0.1, 0.15) is 0 Å². The third kappa shape index (κ3) is 8.48. The summed E-state index contributed by atoms with van der Waals surface area (Å²) < 4.78 is 8.79. The molecule has 4 heterocycles. The van der Waals surface area contributed by atoms with Gasteiger partial charge in [0.2, 0.25) is 5.71 Å². The first kappa shape index (κ1) is 41.9. The van der Waals surface area contributed by atoms with E-state index >= 15 is 0 Å². The van der Waals surface area contributed by atoms with Crippen LogP contribution in [0.4, 0.5) is 0 Å². The van der Waals surface area contributed by atoms with Crippen molar-refractivity contribution in [3.63, 3.8) is 0 Å². The van der Waals surface area contributed by atoms with E-state index < -0.39 is 8.07 Å². The van der Waals surface area contributed by atoms with Crippen molar-refractivity contribution < 1.29 is 24.5 Å². The molecular weight excluding hydrogens is 893 g/mol. The molecule has 7 heteroatoms. The Hall–Kier alpha value is -4.68. The Balaban J connectivity index is 0.000000223. The number of para-hydroxylation sites is 2. The molecule has 0 spiro atoms. The van der Waals surface area contributed by atoms with Gasteiger partial charge in [-0.05, 0) is 79.4 Å². The second-order valence-corrected chi connectivity index (χ2v) is 22.8. The van der Waals surface area contributed by atoms with Gasteiger partial charge in [-0.2, -0.15) is 0 Å². The maximum Gasteiger partial charge on any atom is 0.216 e. The summed E-state index contributed by atoms with van der Waals surface area (Å²) >= 11 is 0. The van der Waals surface area contributed by atoms with Gasteiger partial charge in [-0.15, -0.1) is 53.6 Å². The molecule has 8 aromatic rings. The molecule has 5 nitrogen and oxygen atoms in total. The fourth-order valence-electron chi connectivity index (χ4n) is 7.87. The van der Waals surface area contributed by atoms with Gasteiger partial charge < -0.3 is 14.0 Å². The summed E-state index contributed by atoms with van der Waals surface area (Å²) in [6.45, 7) is 26.8. The maximum atomic E-state index is 6.53. The maximum absolute atomic E-state index is 6.53. The average molecular weight is 947 g/mol. The molecule has 4 aromatic carbocycles. The van der Waals surface area contributed by atoms with Crippen molar-refractivity contribution in [2.75, 3.05) is 0 Å². The standard InChI is InChI=1S/C32H30N3O.C18H24NSi.Ir/c1-18-16-20(3)28(21(4)17-18)35-25-11-9-8-10-24(25)33-30(35)23-13-12-19(2)27-22-14-15-26(32(5,6)7)34-31(22)36-29(23)27;1-14(2)11-16-12-17(15-9-7-6-8-10-15)19-13-18(16)20(3,4)5;/h8-12,14-17H,1-7H3;6-9,12-14H,11H2,1-5H3;/q2*-1;. The Morgan fingerprint density at radius 2 is 1.53 bits per heavy atom. The van der Waals surface area contributed by atoms with E-state index in [2.05, 4.69) is 164 Å². The van der Waals surface area contributed by atoms with Gasteiger partial charge in [-0.1, -0.05) is 114 Å². The minimum Gasteiger partial charge on any atom is -0.486 e. The molecule has 8 rings (SSSR count). The molecule has 0 saturated carbocycles. The van der Waals surface area contributed by atoms with Crippen LogP contribution in [0.1, 0.15) is 68.1 Å². The molecule has 0 amide bonds. The monoisotopic (exact) mass is 947 g/mol. The number of nitrogens with zero attached hydrogens (tertiary/aromatic N) is 4. The zero-order valence-electron chi connectivity index (χ0n) is 35.5. The first-order valence-corrected chi connectivity index (χ1v) is 23.3. The van der Waals surface area contributed by atoms with E-state index in [1.165, 1.54) is 27.4 Å². The zero-order valence-corrected chi connectivity index (χ0v) is 38.9. The summed E-state index contributed by atoms with van der Waals surface area (Å²) in [5.41, 5.74) is 14.8. The number of pyridine rings is 2. The van der Waals surface area contributed by atoms with Crippen LogP contribution < -0.4 is 5.19 Å². The predicted octanol–water partition coefficient (Wildman–Crippen LogP) is 12.6. The van der Waals surface area contributed by atoms with Crippen molar-refractivity contribution in [1.29, 1.82) is 0 Å². The number of imidazole rings is 1. The molecule has 0 bridgehead atoms. The van der Waals surface area contributed by atoms with E-state index in [9.17, 15) is 0 Å². The van der Waals surface area contributed by atoms with Gasteiger partial charge in [0, 0.05) is 48.5 Å². The van der Waals surface area contributed by atoms with Crippen molar-refractivity contribution in [3.8, 4) is 28.3 Å². The molecule has 57 heavy (non-hydrogen) atoms. The minimum atomic E-state index is -1.34. The van der Waals surface area contributed by atoms with Gasteiger partial charge in [-0.3, -0.25) is 4.98 Å². The summed E-state index contributed by atoms with van der Waals surface area (Å²) in [6, 6.07) is 36.2. The third-order valence-electron chi connectivity index (χ3n) is 10.4. The van der Waals surface area contributed by atoms with E-state index in [1.807, 2.05) is 30.3 Å². The summed E-state index contributed by atoms with van der Waals surface area (Å²) in [6.07, 6.45) is 3.24. The molecule has 0 saturated heterocycles. The molecule has 0 aliphatic heterocycles. The smallest absolute Gasteiger partial charge is 0.216 e. The Labute approximate surface area is 353 Å². The van der Waals surface area contributed by atoms with Crippen molar-refractivity contribution in [2.24, 2.45) is 5.92 Å². The fraction of sp³-hybridized carbons (Fsp3) is 0.300. The Morgan fingerprint density at radius 1 is 0.825 bits per heavy atom. The van der Waals surface area contributed by atoms with Crippen molar-refractivity contribution in [3.05, 3.63) is 137 Å². The van der Waals surface area contributed by atoms with Crippen LogP contribution in [-0.4, -0.2) is 27.6 Å². The zero-order chi connectivity index (χ0) is 40.1. The van der Waals surface area contributed by atoms with Crippen LogP contribution in [0, 0.1) is 45.7 Å². The number of hydrogen-bond donors (Lipinski definition) is 0. The second-order valence-electron chi connectivity index (χ2n) is 17.8. The van der Waals surface area contributed by atoms with Crippen molar-refractivity contribution in [1.82, 2.24) is 19.5 Å². The van der Waals surface area contributed by atoms with E-state index in [-0.39, 0.29) is 25.5 Å². The molecule has 0 aliphatic rings. The quantitative estimate of drug-likeness (QED) is 0.123. The number of aryl methyl sites for hydroxylation is 4. The van der Waals surface area contributed by atoms with Gasteiger partial charge in [-0.25, -0.2) is 4.98 Å². The topological polar surface area (TPSA) is 56.7 Å². The molecule has 0 aliphatic carbocycles. The number of benzene rings is 4. The van der Waals surface area contributed by atoms with Crippen LogP contribution in [0.5, 0.6) is 0 Å². The molecule has 1 radical (unpaired) electrons. The molecule has 0 fully saturated rings.